The van der Waals surface area contributed by atoms with Gasteiger partial charge in [-0.05, 0) is 38.2 Å². The molecule has 2 rings (SSSR count). The number of rotatable bonds is 8. The van der Waals surface area contributed by atoms with Crippen molar-refractivity contribution in [3.05, 3.63) is 54.1 Å². The standard InChI is InChI=1S/C19H24N2O3/c1-15-7-9-17(10-8-15)24-12-11-21(2)14-19(22)20-16-5-4-6-18(13-16)23-3/h4-10,13H,11-12,14H2,1-3H3,(H,20,22). The number of anilines is 1. The molecule has 0 unspecified atom stereocenters. The van der Waals surface area contributed by atoms with E-state index >= 15 is 0 Å². The molecule has 0 spiro atoms. The van der Waals surface area contributed by atoms with Gasteiger partial charge in [0, 0.05) is 18.3 Å². The topological polar surface area (TPSA) is 50.8 Å². The summed E-state index contributed by atoms with van der Waals surface area (Å²) in [5, 5.41) is 2.86. The van der Waals surface area contributed by atoms with Crippen molar-refractivity contribution in [2.45, 2.75) is 6.92 Å². The summed E-state index contributed by atoms with van der Waals surface area (Å²) in [6.07, 6.45) is 0. The van der Waals surface area contributed by atoms with Gasteiger partial charge >= 0.3 is 0 Å². The largest absolute Gasteiger partial charge is 0.497 e. The van der Waals surface area contributed by atoms with E-state index in [9.17, 15) is 4.79 Å². The first-order chi connectivity index (χ1) is 11.6. The molecule has 0 aromatic heterocycles. The summed E-state index contributed by atoms with van der Waals surface area (Å²) < 4.78 is 10.8. The number of hydrogen-bond donors (Lipinski definition) is 1. The van der Waals surface area contributed by atoms with Gasteiger partial charge in [0.15, 0.2) is 0 Å². The lowest BCUT2D eigenvalue weighted by Crippen LogP contribution is -2.33. The second kappa shape index (κ2) is 8.93. The maximum Gasteiger partial charge on any atom is 0.238 e. The van der Waals surface area contributed by atoms with Crippen molar-refractivity contribution < 1.29 is 14.3 Å². The van der Waals surface area contributed by atoms with Crippen LogP contribution in [0, 0.1) is 6.92 Å². The third kappa shape index (κ3) is 5.93. The monoisotopic (exact) mass is 328 g/mol. The summed E-state index contributed by atoms with van der Waals surface area (Å²) in [5.41, 5.74) is 1.93. The van der Waals surface area contributed by atoms with E-state index in [1.807, 2.05) is 61.3 Å². The van der Waals surface area contributed by atoms with Crippen molar-refractivity contribution in [3.8, 4) is 11.5 Å². The zero-order valence-electron chi connectivity index (χ0n) is 14.4. The Hall–Kier alpha value is -2.53. The molecule has 0 saturated carbocycles. The minimum Gasteiger partial charge on any atom is -0.497 e. The predicted molar refractivity (Wildman–Crippen MR) is 95.8 cm³/mol. The van der Waals surface area contributed by atoms with E-state index in [1.54, 1.807) is 13.2 Å². The average Bonchev–Trinajstić information content (AvgIpc) is 2.56. The van der Waals surface area contributed by atoms with Crippen LogP contribution in [0.5, 0.6) is 11.5 Å². The van der Waals surface area contributed by atoms with Crippen LogP contribution in [0.3, 0.4) is 0 Å². The summed E-state index contributed by atoms with van der Waals surface area (Å²) in [6.45, 7) is 3.54. The van der Waals surface area contributed by atoms with Crippen LogP contribution in [0.4, 0.5) is 5.69 Å². The van der Waals surface area contributed by atoms with Crippen LogP contribution in [0.2, 0.25) is 0 Å². The number of carbonyl (C=O) groups excluding carboxylic acids is 1. The average molecular weight is 328 g/mol. The van der Waals surface area contributed by atoms with Crippen LogP contribution in [0.25, 0.3) is 0 Å². The third-order valence-corrected chi connectivity index (χ3v) is 3.53. The highest BCUT2D eigenvalue weighted by Crippen LogP contribution is 2.16. The zero-order valence-corrected chi connectivity index (χ0v) is 14.4. The van der Waals surface area contributed by atoms with Gasteiger partial charge in [-0.25, -0.2) is 0 Å². The Bertz CT molecular complexity index is 656. The molecule has 24 heavy (non-hydrogen) atoms. The molecule has 0 bridgehead atoms. The SMILES string of the molecule is COc1cccc(NC(=O)CN(C)CCOc2ccc(C)cc2)c1. The summed E-state index contributed by atoms with van der Waals surface area (Å²) >= 11 is 0. The Labute approximate surface area is 143 Å². The lowest BCUT2D eigenvalue weighted by Gasteiger charge is -2.17. The number of nitrogens with zero attached hydrogens (tertiary/aromatic N) is 1. The predicted octanol–water partition coefficient (Wildman–Crippen LogP) is 2.95. The number of nitrogens with one attached hydrogen (secondary N) is 1. The Balaban J connectivity index is 1.72. The van der Waals surface area contributed by atoms with Crippen molar-refractivity contribution in [3.63, 3.8) is 0 Å². The van der Waals surface area contributed by atoms with E-state index in [-0.39, 0.29) is 5.91 Å². The number of methoxy groups -OCH3 is 1. The second-order valence-corrected chi connectivity index (χ2v) is 5.68. The molecule has 0 fully saturated rings. The van der Waals surface area contributed by atoms with Crippen molar-refractivity contribution in [2.75, 3.05) is 39.2 Å². The Morgan fingerprint density at radius 2 is 1.88 bits per heavy atom. The number of hydrogen-bond acceptors (Lipinski definition) is 4. The highest BCUT2D eigenvalue weighted by Gasteiger charge is 2.07. The van der Waals surface area contributed by atoms with Gasteiger partial charge in [-0.2, -0.15) is 0 Å². The molecular formula is C19H24N2O3. The van der Waals surface area contributed by atoms with E-state index in [0.29, 0.717) is 25.4 Å². The first-order valence-electron chi connectivity index (χ1n) is 7.89. The molecule has 2 aromatic carbocycles. The Morgan fingerprint density at radius 1 is 1.12 bits per heavy atom. The number of amides is 1. The van der Waals surface area contributed by atoms with Crippen molar-refractivity contribution in [1.29, 1.82) is 0 Å². The fraction of sp³-hybridized carbons (Fsp3) is 0.316. The molecule has 1 amide bonds. The molecule has 128 valence electrons. The number of ether oxygens (including phenoxy) is 2. The number of carbonyl (C=O) groups is 1. The fourth-order valence-corrected chi connectivity index (χ4v) is 2.18. The van der Waals surface area contributed by atoms with Crippen molar-refractivity contribution in [2.24, 2.45) is 0 Å². The van der Waals surface area contributed by atoms with Gasteiger partial charge in [0.2, 0.25) is 5.91 Å². The van der Waals surface area contributed by atoms with Gasteiger partial charge in [-0.1, -0.05) is 23.8 Å². The fourth-order valence-electron chi connectivity index (χ4n) is 2.18. The van der Waals surface area contributed by atoms with Gasteiger partial charge in [-0.3, -0.25) is 9.69 Å². The van der Waals surface area contributed by atoms with Crippen LogP contribution in [-0.4, -0.2) is 44.7 Å². The van der Waals surface area contributed by atoms with Crippen molar-refractivity contribution >= 4 is 11.6 Å². The summed E-state index contributed by atoms with van der Waals surface area (Å²) in [6, 6.07) is 15.2. The third-order valence-electron chi connectivity index (χ3n) is 3.53. The summed E-state index contributed by atoms with van der Waals surface area (Å²) in [5.74, 6) is 1.49. The van der Waals surface area contributed by atoms with E-state index in [0.717, 1.165) is 11.4 Å². The van der Waals surface area contributed by atoms with Gasteiger partial charge in [-0.15, -0.1) is 0 Å². The maximum absolute atomic E-state index is 12.1. The van der Waals surface area contributed by atoms with Crippen LogP contribution in [0.1, 0.15) is 5.56 Å². The van der Waals surface area contributed by atoms with E-state index in [2.05, 4.69) is 5.32 Å². The van der Waals surface area contributed by atoms with E-state index < -0.39 is 0 Å². The van der Waals surface area contributed by atoms with Crippen LogP contribution in [-0.2, 0) is 4.79 Å². The van der Waals surface area contributed by atoms with Crippen LogP contribution < -0.4 is 14.8 Å². The molecule has 0 aliphatic carbocycles. The minimum atomic E-state index is -0.0684. The quantitative estimate of drug-likeness (QED) is 0.809. The Kier molecular flexibility index (Phi) is 6.63. The summed E-state index contributed by atoms with van der Waals surface area (Å²) in [4.78, 5) is 14.0. The first kappa shape index (κ1) is 17.8. The molecule has 0 atom stereocenters. The highest BCUT2D eigenvalue weighted by atomic mass is 16.5. The smallest absolute Gasteiger partial charge is 0.238 e. The van der Waals surface area contributed by atoms with Crippen LogP contribution in [0.15, 0.2) is 48.5 Å². The molecule has 0 aliphatic heterocycles. The molecule has 5 nitrogen and oxygen atoms in total. The lowest BCUT2D eigenvalue weighted by atomic mass is 10.2. The molecule has 0 radical (unpaired) electrons. The van der Waals surface area contributed by atoms with E-state index in [1.165, 1.54) is 5.56 Å². The first-order valence-corrected chi connectivity index (χ1v) is 7.89. The van der Waals surface area contributed by atoms with Crippen molar-refractivity contribution in [1.82, 2.24) is 4.90 Å². The van der Waals surface area contributed by atoms with Gasteiger partial charge < -0.3 is 14.8 Å². The molecule has 0 aliphatic rings. The Morgan fingerprint density at radius 3 is 2.58 bits per heavy atom. The molecule has 0 saturated heterocycles. The second-order valence-electron chi connectivity index (χ2n) is 5.68. The van der Waals surface area contributed by atoms with Gasteiger partial charge in [0.1, 0.15) is 18.1 Å². The van der Waals surface area contributed by atoms with Gasteiger partial charge in [0.25, 0.3) is 0 Å². The number of aryl methyl sites for hydroxylation is 1. The molecule has 1 N–H and O–H groups in total. The maximum atomic E-state index is 12.1. The normalized spacial score (nSPS) is 10.5. The minimum absolute atomic E-state index is 0.0684. The zero-order chi connectivity index (χ0) is 17.4. The van der Waals surface area contributed by atoms with E-state index in [4.69, 9.17) is 9.47 Å². The highest BCUT2D eigenvalue weighted by molar-refractivity contribution is 5.92. The molecular weight excluding hydrogens is 304 g/mol. The lowest BCUT2D eigenvalue weighted by molar-refractivity contribution is -0.117. The van der Waals surface area contributed by atoms with Crippen LogP contribution >= 0.6 is 0 Å². The van der Waals surface area contributed by atoms with Gasteiger partial charge in [0.05, 0.1) is 13.7 Å². The molecule has 5 heteroatoms. The molecule has 2 aromatic rings. The molecule has 0 heterocycles. The number of benzene rings is 2. The summed E-state index contributed by atoms with van der Waals surface area (Å²) in [7, 11) is 3.49. The number of likely N-dealkylation sites (N-methyl/N-ethyl adjacent to an activating group) is 1.